The Morgan fingerprint density at radius 1 is 1.17 bits per heavy atom. The number of hydrogen-bond acceptors (Lipinski definition) is 7. The number of hydrogen-bond donors (Lipinski definition) is 1. The summed E-state index contributed by atoms with van der Waals surface area (Å²) in [6, 6.07) is 7.39. The highest BCUT2D eigenvalue weighted by Crippen LogP contribution is 2.26. The number of benzene rings is 1. The molecule has 0 aliphatic carbocycles. The molecule has 1 aromatic carbocycles. The van der Waals surface area contributed by atoms with Crippen LogP contribution in [0, 0.1) is 5.82 Å². The molecule has 11 nitrogen and oxygen atoms in total. The lowest BCUT2D eigenvalue weighted by atomic mass is 9.91. The second-order valence-corrected chi connectivity index (χ2v) is 9.26. The molecule has 12 heteroatoms. The summed E-state index contributed by atoms with van der Waals surface area (Å²) in [5.41, 5.74) is -0.233. The van der Waals surface area contributed by atoms with Crippen LogP contribution in [0.3, 0.4) is 0 Å². The molecule has 6 rings (SSSR count). The average molecular weight is 493 g/mol. The first-order valence-corrected chi connectivity index (χ1v) is 11.8. The van der Waals surface area contributed by atoms with Gasteiger partial charge in [0.2, 0.25) is 5.88 Å². The van der Waals surface area contributed by atoms with Gasteiger partial charge >= 0.3 is 0 Å². The SMILES string of the molecule is O=C(c1cc2n(n1)CCCO2)N1CCC(O)(Cn2cnc3c(cnn3-c3ccc(F)cc3)c2=O)CC1. The van der Waals surface area contributed by atoms with Crippen molar-refractivity contribution < 1.29 is 19.0 Å². The molecule has 186 valence electrons. The van der Waals surface area contributed by atoms with Crippen LogP contribution in [-0.4, -0.2) is 70.3 Å². The molecule has 0 atom stereocenters. The fraction of sp³-hybridized carbons (Fsp3) is 0.375. The third-order valence-electron chi connectivity index (χ3n) is 6.80. The van der Waals surface area contributed by atoms with Crippen LogP contribution in [0.2, 0.25) is 0 Å². The first kappa shape index (κ1) is 22.4. The Hall–Kier alpha value is -4.06. The Morgan fingerprint density at radius 2 is 1.94 bits per heavy atom. The van der Waals surface area contributed by atoms with Crippen molar-refractivity contribution >= 4 is 16.9 Å². The van der Waals surface area contributed by atoms with Crippen LogP contribution >= 0.6 is 0 Å². The first-order chi connectivity index (χ1) is 17.4. The summed E-state index contributed by atoms with van der Waals surface area (Å²) in [5.74, 6) is 0.0312. The number of carbonyl (C=O) groups excluding carboxylic acids is 1. The zero-order chi connectivity index (χ0) is 24.9. The van der Waals surface area contributed by atoms with E-state index in [4.69, 9.17) is 4.74 Å². The average Bonchev–Trinajstić information content (AvgIpc) is 3.51. The van der Waals surface area contributed by atoms with Crippen molar-refractivity contribution in [3.8, 4) is 11.6 Å². The molecule has 3 aromatic heterocycles. The molecule has 0 saturated carbocycles. The monoisotopic (exact) mass is 493 g/mol. The predicted molar refractivity (Wildman–Crippen MR) is 126 cm³/mol. The molecule has 1 amide bonds. The number of halogens is 1. The van der Waals surface area contributed by atoms with E-state index >= 15 is 0 Å². The molecule has 0 bridgehead atoms. The van der Waals surface area contributed by atoms with Gasteiger partial charge in [-0.2, -0.15) is 10.2 Å². The van der Waals surface area contributed by atoms with Crippen molar-refractivity contribution in [2.75, 3.05) is 19.7 Å². The molecule has 0 spiro atoms. The van der Waals surface area contributed by atoms with Crippen LogP contribution in [0.15, 0.2) is 47.7 Å². The summed E-state index contributed by atoms with van der Waals surface area (Å²) in [6.07, 6.45) is 4.28. The van der Waals surface area contributed by atoms with Crippen molar-refractivity contribution in [2.45, 2.75) is 38.0 Å². The van der Waals surface area contributed by atoms with Crippen LogP contribution in [0.5, 0.6) is 5.88 Å². The molecule has 1 fully saturated rings. The number of fused-ring (bicyclic) bond motifs is 2. The maximum atomic E-state index is 13.3. The molecular formula is C24H24FN7O4. The van der Waals surface area contributed by atoms with Crippen LogP contribution < -0.4 is 10.3 Å². The van der Waals surface area contributed by atoms with Crippen molar-refractivity contribution in [1.29, 1.82) is 0 Å². The Morgan fingerprint density at radius 3 is 2.69 bits per heavy atom. The summed E-state index contributed by atoms with van der Waals surface area (Å²) < 4.78 is 23.4. The number of rotatable bonds is 4. The van der Waals surface area contributed by atoms with Crippen molar-refractivity contribution in [2.24, 2.45) is 0 Å². The van der Waals surface area contributed by atoms with E-state index in [9.17, 15) is 19.1 Å². The molecule has 0 unspecified atom stereocenters. The quantitative estimate of drug-likeness (QED) is 0.456. The maximum Gasteiger partial charge on any atom is 0.274 e. The van der Waals surface area contributed by atoms with Gasteiger partial charge in [0.25, 0.3) is 11.5 Å². The van der Waals surface area contributed by atoms with Gasteiger partial charge < -0.3 is 14.7 Å². The van der Waals surface area contributed by atoms with Gasteiger partial charge in [-0.15, -0.1) is 0 Å². The van der Waals surface area contributed by atoms with Gasteiger partial charge in [0.1, 0.15) is 17.5 Å². The number of nitrogens with zero attached hydrogens (tertiary/aromatic N) is 7. The van der Waals surface area contributed by atoms with Gasteiger partial charge in [-0.05, 0) is 37.1 Å². The van der Waals surface area contributed by atoms with Crippen LogP contribution in [0.25, 0.3) is 16.7 Å². The zero-order valence-electron chi connectivity index (χ0n) is 19.4. The number of ether oxygens (including phenoxy) is 1. The molecule has 4 aromatic rings. The summed E-state index contributed by atoms with van der Waals surface area (Å²) in [5, 5.41) is 20.1. The second kappa shape index (κ2) is 8.55. The minimum atomic E-state index is -1.17. The standard InChI is InChI=1S/C24H24FN7O4/c25-16-2-4-17(5-3-16)32-21-18(13-27-32)22(33)30(15-26-21)14-24(35)6-9-29(10-7-24)23(34)19-12-20-31(28-19)8-1-11-36-20/h2-5,12-13,15,35H,1,6-11,14H2. The largest absolute Gasteiger partial charge is 0.478 e. The van der Waals surface area contributed by atoms with E-state index in [0.29, 0.717) is 60.8 Å². The van der Waals surface area contributed by atoms with Gasteiger partial charge in [0.05, 0.1) is 30.6 Å². The number of aryl methyl sites for hydroxylation is 1. The van der Waals surface area contributed by atoms with E-state index in [-0.39, 0.29) is 23.8 Å². The van der Waals surface area contributed by atoms with Gasteiger partial charge in [-0.1, -0.05) is 0 Å². The number of carbonyl (C=O) groups is 1. The van der Waals surface area contributed by atoms with Crippen molar-refractivity contribution in [3.05, 3.63) is 64.7 Å². The highest BCUT2D eigenvalue weighted by Gasteiger charge is 2.36. The van der Waals surface area contributed by atoms with Gasteiger partial charge in [0, 0.05) is 32.1 Å². The Bertz CT molecular complexity index is 1480. The lowest BCUT2D eigenvalue weighted by molar-refractivity contribution is -0.0300. The topological polar surface area (TPSA) is 120 Å². The van der Waals surface area contributed by atoms with Crippen LogP contribution in [-0.2, 0) is 13.1 Å². The van der Waals surface area contributed by atoms with Gasteiger partial charge in [0.15, 0.2) is 11.3 Å². The number of aliphatic hydroxyl groups is 1. The van der Waals surface area contributed by atoms with E-state index in [1.54, 1.807) is 27.8 Å². The highest BCUT2D eigenvalue weighted by atomic mass is 19.1. The summed E-state index contributed by atoms with van der Waals surface area (Å²) in [7, 11) is 0. The molecule has 2 aliphatic heterocycles. The summed E-state index contributed by atoms with van der Waals surface area (Å²) >= 11 is 0. The molecular weight excluding hydrogens is 469 g/mol. The Balaban J connectivity index is 1.16. The lowest BCUT2D eigenvalue weighted by Gasteiger charge is -2.38. The maximum absolute atomic E-state index is 13.3. The Labute approximate surface area is 204 Å². The highest BCUT2D eigenvalue weighted by molar-refractivity contribution is 5.92. The lowest BCUT2D eigenvalue weighted by Crippen LogP contribution is -2.49. The number of amides is 1. The van der Waals surface area contributed by atoms with Gasteiger partial charge in [-0.25, -0.2) is 18.7 Å². The van der Waals surface area contributed by atoms with Crippen LogP contribution in [0.4, 0.5) is 4.39 Å². The first-order valence-electron chi connectivity index (χ1n) is 11.8. The van der Waals surface area contributed by atoms with Crippen LogP contribution in [0.1, 0.15) is 29.8 Å². The number of piperidine rings is 1. The molecule has 0 radical (unpaired) electrons. The number of likely N-dealkylation sites (tertiary alicyclic amines) is 1. The normalized spacial score (nSPS) is 17.1. The zero-order valence-corrected chi connectivity index (χ0v) is 19.4. The van der Waals surface area contributed by atoms with E-state index in [2.05, 4.69) is 15.2 Å². The van der Waals surface area contributed by atoms with E-state index in [1.807, 2.05) is 0 Å². The third kappa shape index (κ3) is 3.92. The fourth-order valence-electron chi connectivity index (χ4n) is 4.77. The summed E-state index contributed by atoms with van der Waals surface area (Å²) in [6.45, 7) is 2.06. The minimum absolute atomic E-state index is 0.0468. The van der Waals surface area contributed by atoms with E-state index in [0.717, 1.165) is 13.0 Å². The molecule has 1 saturated heterocycles. The predicted octanol–water partition coefficient (Wildman–Crippen LogP) is 1.37. The second-order valence-electron chi connectivity index (χ2n) is 9.26. The smallest absolute Gasteiger partial charge is 0.274 e. The Kier molecular flexibility index (Phi) is 5.32. The minimum Gasteiger partial charge on any atom is -0.478 e. The van der Waals surface area contributed by atoms with E-state index in [1.165, 1.54) is 33.9 Å². The van der Waals surface area contributed by atoms with E-state index < -0.39 is 5.60 Å². The number of aromatic nitrogens is 6. The molecule has 36 heavy (non-hydrogen) atoms. The molecule has 2 aliphatic rings. The molecule has 1 N–H and O–H groups in total. The van der Waals surface area contributed by atoms with Crippen molar-refractivity contribution in [3.63, 3.8) is 0 Å². The van der Waals surface area contributed by atoms with Gasteiger partial charge in [-0.3, -0.25) is 14.2 Å². The molecule has 5 heterocycles. The van der Waals surface area contributed by atoms with Crippen molar-refractivity contribution in [1.82, 2.24) is 34.0 Å². The third-order valence-corrected chi connectivity index (χ3v) is 6.80. The fourth-order valence-corrected chi connectivity index (χ4v) is 4.77. The summed E-state index contributed by atoms with van der Waals surface area (Å²) in [4.78, 5) is 32.1.